The number of para-hydroxylation sites is 2. The summed E-state index contributed by atoms with van der Waals surface area (Å²) in [5.74, 6) is 0.427. The molecule has 0 aliphatic heterocycles. The van der Waals surface area contributed by atoms with Crippen LogP contribution in [-0.2, 0) is 11.3 Å². The Kier molecular flexibility index (Phi) is 4.83. The fourth-order valence-corrected chi connectivity index (χ4v) is 2.73. The maximum absolute atomic E-state index is 12.2. The van der Waals surface area contributed by atoms with Crippen LogP contribution < -0.4 is 10.6 Å². The molecule has 25 heavy (non-hydrogen) atoms. The molecule has 130 valence electrons. The molecular weight excluding hydrogens is 320 g/mol. The molecule has 3 rings (SSSR count). The van der Waals surface area contributed by atoms with Crippen LogP contribution in [0, 0.1) is 0 Å². The molecule has 1 unspecified atom stereocenters. The maximum Gasteiger partial charge on any atom is 0.287 e. The first kappa shape index (κ1) is 16.8. The normalized spacial score (nSPS) is 12.1. The number of likely N-dealkylation sites (N-methyl/N-ethyl adjacent to an activating group) is 1. The number of fused-ring (bicyclic) bond motifs is 1. The average Bonchev–Trinajstić information content (AvgIpc) is 3.23. The lowest BCUT2D eigenvalue weighted by Crippen LogP contribution is -2.31. The van der Waals surface area contributed by atoms with Crippen molar-refractivity contribution in [2.75, 3.05) is 6.54 Å². The first-order chi connectivity index (χ1) is 12.1. The fourth-order valence-electron chi connectivity index (χ4n) is 2.73. The highest BCUT2D eigenvalue weighted by molar-refractivity contribution is 5.91. The lowest BCUT2D eigenvalue weighted by Gasteiger charge is -2.15. The molecule has 0 radical (unpaired) electrons. The number of amides is 2. The highest BCUT2D eigenvalue weighted by Gasteiger charge is 2.21. The van der Waals surface area contributed by atoms with Gasteiger partial charge in [-0.3, -0.25) is 9.59 Å². The molecule has 7 nitrogen and oxygen atoms in total. The molecule has 1 atom stereocenters. The molecule has 0 spiro atoms. The molecule has 2 heterocycles. The van der Waals surface area contributed by atoms with E-state index in [1.807, 2.05) is 42.7 Å². The van der Waals surface area contributed by atoms with Crippen molar-refractivity contribution < 1.29 is 14.0 Å². The lowest BCUT2D eigenvalue weighted by molar-refractivity contribution is -0.121. The molecular formula is C18H20N4O3. The van der Waals surface area contributed by atoms with E-state index in [0.717, 1.165) is 11.0 Å². The summed E-state index contributed by atoms with van der Waals surface area (Å²) in [5.41, 5.74) is 1.63. The van der Waals surface area contributed by atoms with E-state index in [1.54, 1.807) is 12.1 Å². The number of benzene rings is 1. The summed E-state index contributed by atoms with van der Waals surface area (Å²) in [6, 6.07) is 10.4. The summed E-state index contributed by atoms with van der Waals surface area (Å²) in [6.07, 6.45) is 1.45. The largest absolute Gasteiger partial charge is 0.459 e. The molecule has 0 aliphatic rings. The van der Waals surface area contributed by atoms with E-state index in [2.05, 4.69) is 15.6 Å². The number of carbonyl (C=O) groups excluding carboxylic acids is 2. The average molecular weight is 340 g/mol. The number of aromatic nitrogens is 2. The van der Waals surface area contributed by atoms with Gasteiger partial charge in [-0.1, -0.05) is 12.1 Å². The lowest BCUT2D eigenvalue weighted by atomic mass is 10.3. The molecule has 0 bridgehead atoms. The monoisotopic (exact) mass is 340 g/mol. The van der Waals surface area contributed by atoms with Gasteiger partial charge in [0.15, 0.2) is 5.76 Å². The minimum atomic E-state index is -0.389. The second-order valence-corrected chi connectivity index (χ2v) is 5.67. The number of hydrogen-bond donors (Lipinski definition) is 2. The van der Waals surface area contributed by atoms with Crippen LogP contribution in [0.15, 0.2) is 47.1 Å². The Morgan fingerprint density at radius 1 is 1.24 bits per heavy atom. The van der Waals surface area contributed by atoms with Crippen molar-refractivity contribution in [3.8, 4) is 0 Å². The van der Waals surface area contributed by atoms with Crippen LogP contribution in [0.2, 0.25) is 0 Å². The quantitative estimate of drug-likeness (QED) is 0.720. The van der Waals surface area contributed by atoms with Gasteiger partial charge in [-0.2, -0.15) is 0 Å². The number of imidazole rings is 1. The van der Waals surface area contributed by atoms with Crippen molar-refractivity contribution in [3.05, 3.63) is 54.2 Å². The van der Waals surface area contributed by atoms with Crippen LogP contribution in [0.3, 0.4) is 0 Å². The number of furan rings is 1. The molecule has 0 saturated heterocycles. The van der Waals surface area contributed by atoms with E-state index in [-0.39, 0.29) is 30.2 Å². The van der Waals surface area contributed by atoms with Crippen molar-refractivity contribution in [3.63, 3.8) is 0 Å². The van der Waals surface area contributed by atoms with Crippen LogP contribution in [-0.4, -0.2) is 27.9 Å². The maximum atomic E-state index is 12.2. The molecule has 1 aromatic carbocycles. The Balaban J connectivity index is 1.91. The third-order valence-corrected chi connectivity index (χ3v) is 3.84. The van der Waals surface area contributed by atoms with Crippen LogP contribution in [0.4, 0.5) is 0 Å². The topological polar surface area (TPSA) is 89.2 Å². The molecule has 2 N–H and O–H groups in total. The van der Waals surface area contributed by atoms with Gasteiger partial charge in [-0.25, -0.2) is 4.98 Å². The van der Waals surface area contributed by atoms with Crippen molar-refractivity contribution in [1.29, 1.82) is 0 Å². The minimum absolute atomic E-state index is 0.100. The first-order valence-electron chi connectivity index (χ1n) is 8.16. The third-order valence-electron chi connectivity index (χ3n) is 3.84. The van der Waals surface area contributed by atoms with Gasteiger partial charge in [0.2, 0.25) is 5.91 Å². The zero-order valence-electron chi connectivity index (χ0n) is 14.2. The summed E-state index contributed by atoms with van der Waals surface area (Å²) in [6.45, 7) is 4.41. The van der Waals surface area contributed by atoms with Crippen molar-refractivity contribution in [1.82, 2.24) is 20.2 Å². The van der Waals surface area contributed by atoms with Gasteiger partial charge >= 0.3 is 0 Å². The summed E-state index contributed by atoms with van der Waals surface area (Å²) >= 11 is 0. The van der Waals surface area contributed by atoms with Gasteiger partial charge in [0.1, 0.15) is 12.4 Å². The molecule has 0 saturated carbocycles. The molecule has 0 fully saturated rings. The van der Waals surface area contributed by atoms with Gasteiger partial charge in [0.25, 0.3) is 5.91 Å². The standard InChI is InChI=1S/C18H20N4O3/c1-3-19-16(23)11-22-14-8-5-4-7-13(14)21-17(22)12(2)20-18(24)15-9-6-10-25-15/h4-10,12H,3,11H2,1-2H3,(H,19,23)(H,20,24). The Bertz CT molecular complexity index is 883. The smallest absolute Gasteiger partial charge is 0.287 e. The van der Waals surface area contributed by atoms with E-state index in [1.165, 1.54) is 6.26 Å². The number of nitrogens with one attached hydrogen (secondary N) is 2. The molecule has 2 aromatic heterocycles. The van der Waals surface area contributed by atoms with E-state index in [0.29, 0.717) is 12.4 Å². The van der Waals surface area contributed by atoms with Crippen LogP contribution in [0.1, 0.15) is 36.3 Å². The Morgan fingerprint density at radius 3 is 2.76 bits per heavy atom. The van der Waals surface area contributed by atoms with Gasteiger partial charge < -0.3 is 19.6 Å². The first-order valence-corrected chi connectivity index (χ1v) is 8.16. The number of rotatable bonds is 6. The minimum Gasteiger partial charge on any atom is -0.459 e. The van der Waals surface area contributed by atoms with Gasteiger partial charge in [0, 0.05) is 6.54 Å². The van der Waals surface area contributed by atoms with Gasteiger partial charge in [-0.15, -0.1) is 0 Å². The SMILES string of the molecule is CCNC(=O)Cn1c(C(C)NC(=O)c2ccco2)nc2ccccc21. The zero-order chi connectivity index (χ0) is 17.8. The second-order valence-electron chi connectivity index (χ2n) is 5.67. The summed E-state index contributed by atoms with van der Waals surface area (Å²) < 4.78 is 6.94. The molecule has 0 aliphatic carbocycles. The number of hydrogen-bond acceptors (Lipinski definition) is 4. The molecule has 3 aromatic rings. The van der Waals surface area contributed by atoms with Crippen LogP contribution in [0.25, 0.3) is 11.0 Å². The highest BCUT2D eigenvalue weighted by atomic mass is 16.3. The summed E-state index contributed by atoms with van der Waals surface area (Å²) in [4.78, 5) is 28.9. The predicted molar refractivity (Wildman–Crippen MR) is 93.0 cm³/mol. The predicted octanol–water partition coefficient (Wildman–Crippen LogP) is 2.26. The van der Waals surface area contributed by atoms with E-state index >= 15 is 0 Å². The number of carbonyl (C=O) groups is 2. The van der Waals surface area contributed by atoms with E-state index in [4.69, 9.17) is 4.42 Å². The second kappa shape index (κ2) is 7.21. The third kappa shape index (κ3) is 3.55. The summed E-state index contributed by atoms with van der Waals surface area (Å²) in [7, 11) is 0. The summed E-state index contributed by atoms with van der Waals surface area (Å²) in [5, 5.41) is 5.65. The van der Waals surface area contributed by atoms with Crippen LogP contribution >= 0.6 is 0 Å². The van der Waals surface area contributed by atoms with Crippen LogP contribution in [0.5, 0.6) is 0 Å². The highest BCUT2D eigenvalue weighted by Crippen LogP contribution is 2.21. The van der Waals surface area contributed by atoms with E-state index in [9.17, 15) is 9.59 Å². The Morgan fingerprint density at radius 2 is 2.04 bits per heavy atom. The van der Waals surface area contributed by atoms with Gasteiger partial charge in [0.05, 0.1) is 23.3 Å². The Hall–Kier alpha value is -3.09. The molecule has 7 heteroatoms. The molecule has 2 amide bonds. The fraction of sp³-hybridized carbons (Fsp3) is 0.278. The van der Waals surface area contributed by atoms with Crippen molar-refractivity contribution in [2.45, 2.75) is 26.4 Å². The zero-order valence-corrected chi connectivity index (χ0v) is 14.2. The van der Waals surface area contributed by atoms with E-state index < -0.39 is 0 Å². The van der Waals surface area contributed by atoms with Crippen molar-refractivity contribution in [2.24, 2.45) is 0 Å². The van der Waals surface area contributed by atoms with Gasteiger partial charge in [-0.05, 0) is 38.1 Å². The van der Waals surface area contributed by atoms with Crippen molar-refractivity contribution >= 4 is 22.8 Å². The number of nitrogens with zero attached hydrogens (tertiary/aromatic N) is 2. The Labute approximate surface area is 145 Å².